The second-order valence-corrected chi connectivity index (χ2v) is 4.15. The van der Waals surface area contributed by atoms with Crippen LogP contribution in [0.3, 0.4) is 0 Å². The van der Waals surface area contributed by atoms with Gasteiger partial charge in [-0.2, -0.15) is 4.98 Å². The average molecular weight is 245 g/mol. The number of aryl methyl sites for hydroxylation is 1. The van der Waals surface area contributed by atoms with E-state index in [4.69, 9.17) is 0 Å². The van der Waals surface area contributed by atoms with Crippen LogP contribution in [0, 0.1) is 6.92 Å². The van der Waals surface area contributed by atoms with Crippen molar-refractivity contribution >= 4 is 0 Å². The average Bonchev–Trinajstić information content (AvgIpc) is 2.34. The number of rotatable bonds is 3. The molecule has 0 aliphatic heterocycles. The van der Waals surface area contributed by atoms with Gasteiger partial charge in [-0.25, -0.2) is 0 Å². The molecule has 2 N–H and O–H groups in total. The van der Waals surface area contributed by atoms with Gasteiger partial charge in [0.25, 0.3) is 5.56 Å². The van der Waals surface area contributed by atoms with E-state index in [-0.39, 0.29) is 11.4 Å². The van der Waals surface area contributed by atoms with Gasteiger partial charge in [0.2, 0.25) is 5.88 Å². The van der Waals surface area contributed by atoms with Crippen LogP contribution in [0.15, 0.2) is 23.1 Å². The summed E-state index contributed by atoms with van der Waals surface area (Å²) in [7, 11) is 0. The van der Waals surface area contributed by atoms with Crippen molar-refractivity contribution in [1.82, 2.24) is 15.0 Å². The van der Waals surface area contributed by atoms with Crippen LogP contribution in [0.1, 0.15) is 24.6 Å². The fourth-order valence-electron chi connectivity index (χ4n) is 1.71. The Morgan fingerprint density at radius 2 is 2.17 bits per heavy atom. The predicted octanol–water partition coefficient (Wildman–Crippen LogP) is 1.80. The molecule has 0 aromatic carbocycles. The summed E-state index contributed by atoms with van der Waals surface area (Å²) < 4.78 is 0. The van der Waals surface area contributed by atoms with Crippen LogP contribution in [0.4, 0.5) is 0 Å². The third kappa shape index (κ3) is 2.40. The lowest BCUT2D eigenvalue weighted by molar-refractivity contribution is 0.443. The molecule has 0 unspecified atom stereocenters. The fourth-order valence-corrected chi connectivity index (χ4v) is 1.71. The van der Waals surface area contributed by atoms with Crippen molar-refractivity contribution in [3.8, 4) is 17.3 Å². The molecular formula is C13H15N3O2. The molecule has 5 nitrogen and oxygen atoms in total. The summed E-state index contributed by atoms with van der Waals surface area (Å²) in [6.45, 7) is 3.82. The van der Waals surface area contributed by atoms with E-state index in [1.807, 2.05) is 19.9 Å². The van der Waals surface area contributed by atoms with Gasteiger partial charge >= 0.3 is 0 Å². The lowest BCUT2D eigenvalue weighted by atomic mass is 10.2. The van der Waals surface area contributed by atoms with Crippen LogP contribution in [0.5, 0.6) is 5.88 Å². The normalized spacial score (nSPS) is 10.6. The molecule has 2 heterocycles. The molecule has 0 atom stereocenters. The molecule has 0 amide bonds. The second-order valence-electron chi connectivity index (χ2n) is 4.15. The van der Waals surface area contributed by atoms with Gasteiger partial charge in [-0.05, 0) is 25.5 Å². The summed E-state index contributed by atoms with van der Waals surface area (Å²) in [6, 6.07) is 3.63. The van der Waals surface area contributed by atoms with Crippen molar-refractivity contribution < 1.29 is 5.11 Å². The van der Waals surface area contributed by atoms with E-state index in [1.54, 1.807) is 12.3 Å². The quantitative estimate of drug-likeness (QED) is 0.864. The van der Waals surface area contributed by atoms with Crippen molar-refractivity contribution in [1.29, 1.82) is 0 Å². The second kappa shape index (κ2) is 5.00. The Morgan fingerprint density at radius 3 is 2.72 bits per heavy atom. The van der Waals surface area contributed by atoms with Crippen LogP contribution in [0.25, 0.3) is 11.4 Å². The lowest BCUT2D eigenvalue weighted by Gasteiger charge is -2.05. The van der Waals surface area contributed by atoms with Crippen molar-refractivity contribution in [3.05, 3.63) is 39.9 Å². The van der Waals surface area contributed by atoms with Crippen LogP contribution in [-0.4, -0.2) is 20.1 Å². The summed E-state index contributed by atoms with van der Waals surface area (Å²) in [4.78, 5) is 22.6. The lowest BCUT2D eigenvalue weighted by Crippen LogP contribution is -2.15. The minimum atomic E-state index is -0.292. The Balaban J connectivity index is 2.48. The topological polar surface area (TPSA) is 78.9 Å². The number of aromatic hydroxyl groups is 1. The zero-order valence-electron chi connectivity index (χ0n) is 10.4. The van der Waals surface area contributed by atoms with E-state index in [0.29, 0.717) is 23.4 Å². The van der Waals surface area contributed by atoms with Crippen LogP contribution in [-0.2, 0) is 6.42 Å². The third-order valence-electron chi connectivity index (χ3n) is 2.68. The molecule has 0 saturated carbocycles. The summed E-state index contributed by atoms with van der Waals surface area (Å²) in [5, 5.41) is 9.77. The highest BCUT2D eigenvalue weighted by Gasteiger charge is 2.10. The van der Waals surface area contributed by atoms with Crippen LogP contribution in [0.2, 0.25) is 0 Å². The highest BCUT2D eigenvalue weighted by atomic mass is 16.3. The Kier molecular flexibility index (Phi) is 3.41. The number of nitrogens with one attached hydrogen (secondary N) is 1. The molecule has 0 spiro atoms. The van der Waals surface area contributed by atoms with Crippen molar-refractivity contribution in [2.75, 3.05) is 0 Å². The number of aromatic nitrogens is 3. The highest BCUT2D eigenvalue weighted by Crippen LogP contribution is 2.17. The maximum atomic E-state index is 11.8. The van der Waals surface area contributed by atoms with Gasteiger partial charge in [-0.1, -0.05) is 13.3 Å². The zero-order valence-corrected chi connectivity index (χ0v) is 10.4. The maximum absolute atomic E-state index is 11.8. The molecule has 2 aromatic heterocycles. The first-order valence-corrected chi connectivity index (χ1v) is 5.87. The molecular weight excluding hydrogens is 230 g/mol. The summed E-state index contributed by atoms with van der Waals surface area (Å²) in [6.07, 6.45) is 2.91. The molecule has 2 rings (SSSR count). The molecule has 0 aliphatic rings. The highest BCUT2D eigenvalue weighted by molar-refractivity contribution is 5.54. The number of pyridine rings is 1. The van der Waals surface area contributed by atoms with E-state index in [0.717, 1.165) is 12.1 Å². The molecule has 0 fully saturated rings. The van der Waals surface area contributed by atoms with E-state index in [9.17, 15) is 9.90 Å². The van der Waals surface area contributed by atoms with Gasteiger partial charge in [-0.15, -0.1) is 0 Å². The zero-order chi connectivity index (χ0) is 13.1. The minimum absolute atomic E-state index is 0.198. The van der Waals surface area contributed by atoms with Crippen molar-refractivity contribution in [3.63, 3.8) is 0 Å². The summed E-state index contributed by atoms with van der Waals surface area (Å²) in [5.41, 5.74) is 1.60. The number of H-pyrrole nitrogens is 1. The van der Waals surface area contributed by atoms with E-state index in [2.05, 4.69) is 15.0 Å². The SMILES string of the molecule is CCCc1c(O)nc(-c2ccc(C)nc2)[nH]c1=O. The maximum Gasteiger partial charge on any atom is 0.258 e. The van der Waals surface area contributed by atoms with Gasteiger partial charge in [0.15, 0.2) is 0 Å². The molecule has 2 aromatic rings. The Hall–Kier alpha value is -2.17. The molecule has 94 valence electrons. The van der Waals surface area contributed by atoms with Crippen molar-refractivity contribution in [2.24, 2.45) is 0 Å². The first-order chi connectivity index (χ1) is 8.61. The molecule has 18 heavy (non-hydrogen) atoms. The standard InChI is InChI=1S/C13H15N3O2/c1-3-4-10-12(17)15-11(16-13(10)18)9-6-5-8(2)14-7-9/h5-7H,3-4H2,1-2H3,(H2,15,16,17,18). The smallest absolute Gasteiger partial charge is 0.258 e. The Bertz CT molecular complexity index is 603. The minimum Gasteiger partial charge on any atom is -0.493 e. The largest absolute Gasteiger partial charge is 0.493 e. The molecule has 0 aliphatic carbocycles. The first kappa shape index (κ1) is 12.3. The Morgan fingerprint density at radius 1 is 1.39 bits per heavy atom. The van der Waals surface area contributed by atoms with E-state index < -0.39 is 0 Å². The van der Waals surface area contributed by atoms with E-state index in [1.165, 1.54) is 0 Å². The van der Waals surface area contributed by atoms with E-state index >= 15 is 0 Å². The number of aromatic amines is 1. The number of hydrogen-bond acceptors (Lipinski definition) is 4. The number of nitrogens with zero attached hydrogens (tertiary/aromatic N) is 2. The van der Waals surface area contributed by atoms with Crippen LogP contribution < -0.4 is 5.56 Å². The van der Waals surface area contributed by atoms with Gasteiger partial charge in [-0.3, -0.25) is 9.78 Å². The van der Waals surface area contributed by atoms with Crippen LogP contribution >= 0.6 is 0 Å². The summed E-state index contributed by atoms with van der Waals surface area (Å²) >= 11 is 0. The molecule has 0 bridgehead atoms. The fraction of sp³-hybridized carbons (Fsp3) is 0.308. The van der Waals surface area contributed by atoms with Gasteiger partial charge < -0.3 is 10.1 Å². The first-order valence-electron chi connectivity index (χ1n) is 5.87. The number of hydrogen-bond donors (Lipinski definition) is 2. The molecule has 0 saturated heterocycles. The molecule has 0 radical (unpaired) electrons. The molecule has 5 heteroatoms. The monoisotopic (exact) mass is 245 g/mol. The predicted molar refractivity (Wildman–Crippen MR) is 68.5 cm³/mol. The van der Waals surface area contributed by atoms with Gasteiger partial charge in [0.05, 0.1) is 5.56 Å². The third-order valence-corrected chi connectivity index (χ3v) is 2.68. The van der Waals surface area contributed by atoms with Gasteiger partial charge in [0, 0.05) is 17.5 Å². The summed E-state index contributed by atoms with van der Waals surface area (Å²) in [5.74, 6) is 0.140. The Labute approximate surface area is 105 Å². The van der Waals surface area contributed by atoms with Gasteiger partial charge in [0.1, 0.15) is 5.82 Å². The van der Waals surface area contributed by atoms with Crippen molar-refractivity contribution in [2.45, 2.75) is 26.7 Å².